The molecular formula is C29H30N2O3. The van der Waals surface area contributed by atoms with Crippen LogP contribution in [0.25, 0.3) is 0 Å². The highest BCUT2D eigenvalue weighted by Gasteiger charge is 2.56. The summed E-state index contributed by atoms with van der Waals surface area (Å²) < 4.78 is 0. The quantitative estimate of drug-likeness (QED) is 0.523. The third-order valence-electron chi connectivity index (χ3n) is 6.52. The average Bonchev–Trinajstić information content (AvgIpc) is 3.21. The van der Waals surface area contributed by atoms with Crippen LogP contribution in [0.4, 0.5) is 0 Å². The molecule has 5 nitrogen and oxygen atoms in total. The Bertz CT molecular complexity index is 1150. The first-order chi connectivity index (χ1) is 16.4. The number of hydrogen-bond acceptors (Lipinski definition) is 3. The van der Waals surface area contributed by atoms with Crippen LogP contribution < -0.4 is 5.73 Å². The van der Waals surface area contributed by atoms with Gasteiger partial charge in [0.1, 0.15) is 6.04 Å². The van der Waals surface area contributed by atoms with E-state index in [-0.39, 0.29) is 24.0 Å². The molecule has 4 unspecified atom stereocenters. The molecule has 1 aliphatic heterocycles. The fraction of sp³-hybridized carbons (Fsp3) is 0.276. The molecule has 0 aliphatic carbocycles. The fourth-order valence-corrected chi connectivity index (χ4v) is 5.18. The van der Waals surface area contributed by atoms with E-state index in [1.807, 2.05) is 92.7 Å². The number of hydrogen-bond donors (Lipinski definition) is 1. The molecule has 0 spiro atoms. The van der Waals surface area contributed by atoms with Gasteiger partial charge >= 0.3 is 0 Å². The van der Waals surface area contributed by atoms with Crippen molar-refractivity contribution in [3.63, 3.8) is 0 Å². The van der Waals surface area contributed by atoms with E-state index >= 15 is 0 Å². The predicted molar refractivity (Wildman–Crippen MR) is 132 cm³/mol. The maximum Gasteiger partial charge on any atom is 0.240 e. The van der Waals surface area contributed by atoms with E-state index in [9.17, 15) is 14.4 Å². The minimum absolute atomic E-state index is 0.0940. The van der Waals surface area contributed by atoms with Crippen molar-refractivity contribution in [2.45, 2.75) is 38.3 Å². The Labute approximate surface area is 200 Å². The van der Waals surface area contributed by atoms with Gasteiger partial charge in [-0.05, 0) is 17.0 Å². The summed E-state index contributed by atoms with van der Waals surface area (Å²) in [6.45, 7) is 3.93. The van der Waals surface area contributed by atoms with Gasteiger partial charge in [0, 0.05) is 17.9 Å². The fourth-order valence-electron chi connectivity index (χ4n) is 5.18. The van der Waals surface area contributed by atoms with Crippen molar-refractivity contribution in [2.24, 2.45) is 17.6 Å². The van der Waals surface area contributed by atoms with Crippen LogP contribution in [0.5, 0.6) is 0 Å². The Balaban J connectivity index is 1.96. The van der Waals surface area contributed by atoms with Crippen molar-refractivity contribution in [2.75, 3.05) is 0 Å². The van der Waals surface area contributed by atoms with Crippen LogP contribution in [-0.4, -0.2) is 28.5 Å². The van der Waals surface area contributed by atoms with Crippen LogP contribution >= 0.6 is 0 Å². The zero-order valence-corrected chi connectivity index (χ0v) is 19.5. The molecule has 0 bridgehead atoms. The second-order valence-electron chi connectivity index (χ2n) is 9.29. The number of likely N-dealkylation sites (tertiary alicyclic amines) is 1. The molecule has 0 saturated carbocycles. The highest BCUT2D eigenvalue weighted by atomic mass is 16.2. The van der Waals surface area contributed by atoms with Crippen molar-refractivity contribution in [1.82, 2.24) is 4.90 Å². The van der Waals surface area contributed by atoms with Gasteiger partial charge in [-0.1, -0.05) is 105 Å². The van der Waals surface area contributed by atoms with Crippen LogP contribution in [0.2, 0.25) is 0 Å². The van der Waals surface area contributed by atoms with Gasteiger partial charge in [0.2, 0.25) is 11.8 Å². The zero-order chi connectivity index (χ0) is 24.2. The molecule has 0 aromatic heterocycles. The molecule has 0 radical (unpaired) electrons. The van der Waals surface area contributed by atoms with E-state index in [1.54, 1.807) is 17.0 Å². The summed E-state index contributed by atoms with van der Waals surface area (Å²) in [6, 6.07) is 26.5. The van der Waals surface area contributed by atoms with Crippen molar-refractivity contribution >= 4 is 17.6 Å². The Morgan fingerprint density at radius 2 is 1.29 bits per heavy atom. The van der Waals surface area contributed by atoms with E-state index < -0.39 is 29.8 Å². The second-order valence-corrected chi connectivity index (χ2v) is 9.29. The van der Waals surface area contributed by atoms with Gasteiger partial charge in [-0.2, -0.15) is 0 Å². The molecule has 5 heteroatoms. The summed E-state index contributed by atoms with van der Waals surface area (Å²) >= 11 is 0. The van der Waals surface area contributed by atoms with Gasteiger partial charge < -0.3 is 10.6 Å². The van der Waals surface area contributed by atoms with Gasteiger partial charge in [0.25, 0.3) is 0 Å². The SMILES string of the molecule is CC(C)CC(=O)N1C(C(N)=O)C(c2ccccc2)C(C(=O)c2ccccc2)C1c1ccccc1. The number of benzene rings is 3. The second kappa shape index (κ2) is 10.0. The predicted octanol–water partition coefficient (Wildman–Crippen LogP) is 4.75. The molecule has 174 valence electrons. The topological polar surface area (TPSA) is 80.5 Å². The van der Waals surface area contributed by atoms with Crippen molar-refractivity contribution in [3.8, 4) is 0 Å². The largest absolute Gasteiger partial charge is 0.368 e. The molecule has 34 heavy (non-hydrogen) atoms. The summed E-state index contributed by atoms with van der Waals surface area (Å²) in [5, 5.41) is 0. The lowest BCUT2D eigenvalue weighted by Gasteiger charge is -2.31. The van der Waals surface area contributed by atoms with Crippen LogP contribution in [-0.2, 0) is 9.59 Å². The van der Waals surface area contributed by atoms with E-state index in [1.165, 1.54) is 0 Å². The normalized spacial score (nSPS) is 22.0. The Morgan fingerprint density at radius 3 is 1.79 bits per heavy atom. The zero-order valence-electron chi connectivity index (χ0n) is 19.5. The third kappa shape index (κ3) is 4.51. The van der Waals surface area contributed by atoms with Gasteiger partial charge in [-0.3, -0.25) is 14.4 Å². The monoisotopic (exact) mass is 454 g/mol. The number of Topliss-reactive ketones (excluding diaryl/α,β-unsaturated/α-hetero) is 1. The summed E-state index contributed by atoms with van der Waals surface area (Å²) in [5.74, 6) is -2.01. The van der Waals surface area contributed by atoms with Crippen LogP contribution in [0.15, 0.2) is 91.0 Å². The Kier molecular flexibility index (Phi) is 6.92. The minimum atomic E-state index is -0.934. The number of primary amides is 1. The number of carbonyl (C=O) groups is 3. The van der Waals surface area contributed by atoms with Crippen molar-refractivity contribution in [3.05, 3.63) is 108 Å². The van der Waals surface area contributed by atoms with Crippen molar-refractivity contribution < 1.29 is 14.4 Å². The number of ketones is 1. The van der Waals surface area contributed by atoms with E-state index in [0.717, 1.165) is 11.1 Å². The lowest BCUT2D eigenvalue weighted by molar-refractivity contribution is -0.140. The number of nitrogens with two attached hydrogens (primary N) is 1. The Morgan fingerprint density at radius 1 is 0.794 bits per heavy atom. The molecule has 1 aliphatic rings. The third-order valence-corrected chi connectivity index (χ3v) is 6.52. The number of nitrogens with zero attached hydrogens (tertiary/aromatic N) is 1. The van der Waals surface area contributed by atoms with Gasteiger partial charge in [-0.25, -0.2) is 0 Å². The molecule has 2 amide bonds. The van der Waals surface area contributed by atoms with Crippen LogP contribution in [0.1, 0.15) is 53.7 Å². The molecule has 3 aromatic carbocycles. The van der Waals surface area contributed by atoms with Gasteiger partial charge in [0.05, 0.1) is 12.0 Å². The first-order valence-corrected chi connectivity index (χ1v) is 11.7. The molecule has 4 rings (SSSR count). The molecule has 1 saturated heterocycles. The van der Waals surface area contributed by atoms with E-state index in [4.69, 9.17) is 5.73 Å². The standard InChI is InChI=1S/C29H30N2O3/c1-19(2)18-23(32)31-26(21-14-8-4-9-15-21)25(28(33)22-16-10-5-11-17-22)24(27(31)29(30)34)20-12-6-3-7-13-20/h3-17,19,24-27H,18H2,1-2H3,(H2,30,34). The van der Waals surface area contributed by atoms with Gasteiger partial charge in [-0.15, -0.1) is 0 Å². The summed E-state index contributed by atoms with van der Waals surface area (Å²) in [7, 11) is 0. The van der Waals surface area contributed by atoms with Crippen LogP contribution in [0.3, 0.4) is 0 Å². The highest BCUT2D eigenvalue weighted by molar-refractivity contribution is 6.01. The number of rotatable bonds is 7. The summed E-state index contributed by atoms with van der Waals surface area (Å²) in [5.41, 5.74) is 8.17. The van der Waals surface area contributed by atoms with Crippen molar-refractivity contribution in [1.29, 1.82) is 0 Å². The molecular weight excluding hydrogens is 424 g/mol. The maximum absolute atomic E-state index is 14.1. The van der Waals surface area contributed by atoms with Gasteiger partial charge in [0.15, 0.2) is 5.78 Å². The first kappa shape index (κ1) is 23.4. The minimum Gasteiger partial charge on any atom is -0.368 e. The summed E-state index contributed by atoms with van der Waals surface area (Å²) in [4.78, 5) is 42.3. The molecule has 1 fully saturated rings. The lowest BCUT2D eigenvalue weighted by Crippen LogP contribution is -2.47. The van der Waals surface area contributed by atoms with E-state index in [2.05, 4.69) is 0 Å². The smallest absolute Gasteiger partial charge is 0.240 e. The van der Waals surface area contributed by atoms with E-state index in [0.29, 0.717) is 5.56 Å². The number of carbonyl (C=O) groups excluding carboxylic acids is 3. The average molecular weight is 455 g/mol. The highest BCUT2D eigenvalue weighted by Crippen LogP contribution is 2.51. The summed E-state index contributed by atoms with van der Waals surface area (Å²) in [6.07, 6.45) is 0.265. The maximum atomic E-state index is 14.1. The number of amides is 2. The van der Waals surface area contributed by atoms with Crippen LogP contribution in [0, 0.1) is 11.8 Å². The first-order valence-electron chi connectivity index (χ1n) is 11.7. The molecule has 1 heterocycles. The lowest BCUT2D eigenvalue weighted by atomic mass is 9.76. The molecule has 2 N–H and O–H groups in total. The molecule has 4 atom stereocenters. The Hall–Kier alpha value is -3.73. The molecule has 3 aromatic rings.